The zero-order valence-corrected chi connectivity index (χ0v) is 17.4. The van der Waals surface area contributed by atoms with Gasteiger partial charge < -0.3 is 5.11 Å². The standard InChI is InChI=1S/C20H17BrF2N6O/c1-13(29-9-19(26-27-29)14-2-4-15(21)5-3-14)20(30,10-28-12-24-11-25-28)17-7-6-16(22)8-18(17)23/h2-9,11-13,30H,10H2,1H3/t13-,20-/m1/s1. The van der Waals surface area contributed by atoms with Gasteiger partial charge >= 0.3 is 0 Å². The molecule has 4 rings (SSSR count). The number of aromatic nitrogens is 6. The molecule has 2 aromatic carbocycles. The fourth-order valence-electron chi connectivity index (χ4n) is 3.28. The molecule has 10 heteroatoms. The molecule has 2 aromatic heterocycles. The predicted octanol–water partition coefficient (Wildman–Crippen LogP) is 3.73. The molecule has 0 spiro atoms. The molecule has 30 heavy (non-hydrogen) atoms. The third-order valence-electron chi connectivity index (χ3n) is 5.01. The highest BCUT2D eigenvalue weighted by molar-refractivity contribution is 9.10. The normalized spacial score (nSPS) is 14.4. The van der Waals surface area contributed by atoms with Crippen molar-refractivity contribution in [1.29, 1.82) is 0 Å². The van der Waals surface area contributed by atoms with E-state index in [0.717, 1.165) is 22.2 Å². The number of aliphatic hydroxyl groups is 1. The summed E-state index contributed by atoms with van der Waals surface area (Å²) in [4.78, 5) is 3.87. The van der Waals surface area contributed by atoms with Gasteiger partial charge in [0, 0.05) is 21.7 Å². The van der Waals surface area contributed by atoms with Crippen molar-refractivity contribution >= 4 is 15.9 Å². The average molecular weight is 475 g/mol. The summed E-state index contributed by atoms with van der Waals surface area (Å²) < 4.78 is 31.9. The van der Waals surface area contributed by atoms with Crippen LogP contribution in [0.15, 0.2) is 65.8 Å². The van der Waals surface area contributed by atoms with E-state index in [2.05, 4.69) is 36.3 Å². The highest BCUT2D eigenvalue weighted by atomic mass is 79.9. The molecular weight excluding hydrogens is 458 g/mol. The second-order valence-corrected chi connectivity index (χ2v) is 7.82. The Morgan fingerprint density at radius 2 is 1.93 bits per heavy atom. The van der Waals surface area contributed by atoms with Crippen molar-refractivity contribution in [2.45, 2.75) is 25.1 Å². The van der Waals surface area contributed by atoms with Crippen LogP contribution < -0.4 is 0 Å². The molecule has 0 aliphatic heterocycles. The second-order valence-electron chi connectivity index (χ2n) is 6.91. The van der Waals surface area contributed by atoms with E-state index in [-0.39, 0.29) is 12.1 Å². The Morgan fingerprint density at radius 3 is 2.60 bits per heavy atom. The quantitative estimate of drug-likeness (QED) is 0.460. The fraction of sp³-hybridized carbons (Fsp3) is 0.200. The Balaban J connectivity index is 1.74. The zero-order valence-electron chi connectivity index (χ0n) is 15.8. The Bertz CT molecular complexity index is 1150. The van der Waals surface area contributed by atoms with E-state index in [1.807, 2.05) is 24.3 Å². The summed E-state index contributed by atoms with van der Waals surface area (Å²) in [5.74, 6) is -1.59. The lowest BCUT2D eigenvalue weighted by Crippen LogP contribution is -2.41. The van der Waals surface area contributed by atoms with Gasteiger partial charge in [-0.05, 0) is 25.1 Å². The molecule has 0 amide bonds. The number of halogens is 3. The van der Waals surface area contributed by atoms with Gasteiger partial charge in [-0.3, -0.25) is 0 Å². The molecule has 0 saturated carbocycles. The van der Waals surface area contributed by atoms with Gasteiger partial charge in [0.25, 0.3) is 0 Å². The van der Waals surface area contributed by atoms with Crippen LogP contribution in [0.1, 0.15) is 18.5 Å². The Hall–Kier alpha value is -2.98. The topological polar surface area (TPSA) is 81.6 Å². The molecule has 0 fully saturated rings. The van der Waals surface area contributed by atoms with E-state index >= 15 is 0 Å². The summed E-state index contributed by atoms with van der Waals surface area (Å²) in [7, 11) is 0. The van der Waals surface area contributed by atoms with E-state index in [4.69, 9.17) is 0 Å². The van der Waals surface area contributed by atoms with Crippen LogP contribution in [-0.2, 0) is 12.1 Å². The average Bonchev–Trinajstić information content (AvgIpc) is 3.40. The van der Waals surface area contributed by atoms with E-state index < -0.39 is 23.3 Å². The largest absolute Gasteiger partial charge is 0.381 e. The highest BCUT2D eigenvalue weighted by Gasteiger charge is 2.41. The lowest BCUT2D eigenvalue weighted by molar-refractivity contribution is -0.0374. The summed E-state index contributed by atoms with van der Waals surface area (Å²) in [6.45, 7) is 1.56. The first kappa shape index (κ1) is 20.3. The van der Waals surface area contributed by atoms with Crippen molar-refractivity contribution in [3.05, 3.63) is 83.0 Å². The highest BCUT2D eigenvalue weighted by Crippen LogP contribution is 2.36. The smallest absolute Gasteiger partial charge is 0.137 e. The number of hydrogen-bond donors (Lipinski definition) is 1. The van der Waals surface area contributed by atoms with Gasteiger partial charge in [0.15, 0.2) is 0 Å². The maximum atomic E-state index is 14.7. The van der Waals surface area contributed by atoms with Crippen LogP contribution in [0.25, 0.3) is 11.3 Å². The summed E-state index contributed by atoms with van der Waals surface area (Å²) in [5, 5.41) is 23.9. The monoisotopic (exact) mass is 474 g/mol. The van der Waals surface area contributed by atoms with Crippen molar-refractivity contribution in [2.24, 2.45) is 0 Å². The minimum Gasteiger partial charge on any atom is -0.381 e. The molecule has 154 valence electrons. The third kappa shape index (κ3) is 3.88. The van der Waals surface area contributed by atoms with Crippen LogP contribution in [0.4, 0.5) is 8.78 Å². The van der Waals surface area contributed by atoms with Crippen molar-refractivity contribution in [3.8, 4) is 11.3 Å². The molecule has 2 heterocycles. The second kappa shape index (κ2) is 8.04. The molecule has 0 aliphatic rings. The van der Waals surface area contributed by atoms with Gasteiger partial charge in [-0.1, -0.05) is 39.3 Å². The summed E-state index contributed by atoms with van der Waals surface area (Å²) in [6.07, 6.45) is 4.39. The van der Waals surface area contributed by atoms with Crippen molar-refractivity contribution in [2.75, 3.05) is 0 Å². The molecule has 0 unspecified atom stereocenters. The van der Waals surface area contributed by atoms with Crippen molar-refractivity contribution < 1.29 is 13.9 Å². The van der Waals surface area contributed by atoms with Crippen LogP contribution in [-0.4, -0.2) is 34.9 Å². The molecular formula is C20H17BrF2N6O. The molecule has 0 aliphatic carbocycles. The van der Waals surface area contributed by atoms with Gasteiger partial charge in [-0.15, -0.1) is 5.10 Å². The predicted molar refractivity (Wildman–Crippen MR) is 108 cm³/mol. The number of rotatable bonds is 6. The first-order chi connectivity index (χ1) is 14.4. The van der Waals surface area contributed by atoms with Crippen LogP contribution in [0, 0.1) is 11.6 Å². The molecule has 1 N–H and O–H groups in total. The zero-order chi connectivity index (χ0) is 21.3. The molecule has 2 atom stereocenters. The van der Waals surface area contributed by atoms with Gasteiger partial charge in [0.1, 0.15) is 35.6 Å². The lowest BCUT2D eigenvalue weighted by atomic mass is 9.86. The van der Waals surface area contributed by atoms with Crippen molar-refractivity contribution in [1.82, 2.24) is 29.8 Å². The summed E-state index contributed by atoms with van der Waals surface area (Å²) in [5.41, 5.74) is -0.454. The van der Waals surface area contributed by atoms with Gasteiger partial charge in [0.05, 0.1) is 18.8 Å². The maximum Gasteiger partial charge on any atom is 0.137 e. The number of benzene rings is 2. The van der Waals surface area contributed by atoms with Crippen molar-refractivity contribution in [3.63, 3.8) is 0 Å². The molecule has 7 nitrogen and oxygen atoms in total. The van der Waals surface area contributed by atoms with Gasteiger partial charge in [-0.2, -0.15) is 5.10 Å². The van der Waals surface area contributed by atoms with Crippen LogP contribution in [0.5, 0.6) is 0 Å². The SMILES string of the molecule is C[C@@H](n1cc(-c2ccc(Br)cc2)nn1)[C@](O)(Cn1cncn1)c1ccc(F)cc1F. The fourth-order valence-corrected chi connectivity index (χ4v) is 3.55. The Labute approximate surface area is 179 Å². The maximum absolute atomic E-state index is 14.7. The Kier molecular flexibility index (Phi) is 5.44. The van der Waals surface area contributed by atoms with Gasteiger partial charge in [0.2, 0.25) is 0 Å². The minimum absolute atomic E-state index is 0.0763. The third-order valence-corrected chi connectivity index (χ3v) is 5.53. The lowest BCUT2D eigenvalue weighted by Gasteiger charge is -2.34. The van der Waals surface area contributed by atoms with E-state index in [1.165, 1.54) is 28.1 Å². The number of hydrogen-bond acceptors (Lipinski definition) is 5. The molecule has 0 radical (unpaired) electrons. The van der Waals surface area contributed by atoms with E-state index in [9.17, 15) is 13.9 Å². The summed E-state index contributed by atoms with van der Waals surface area (Å²) in [6, 6.07) is 9.83. The minimum atomic E-state index is -1.81. The van der Waals surface area contributed by atoms with E-state index in [1.54, 1.807) is 13.1 Å². The molecule has 4 aromatic rings. The van der Waals surface area contributed by atoms with Crippen LogP contribution in [0.2, 0.25) is 0 Å². The van der Waals surface area contributed by atoms with Gasteiger partial charge in [-0.25, -0.2) is 23.1 Å². The van der Waals surface area contributed by atoms with Crippen LogP contribution >= 0.6 is 15.9 Å². The summed E-state index contributed by atoms with van der Waals surface area (Å²) >= 11 is 3.39. The van der Waals surface area contributed by atoms with Crippen LogP contribution in [0.3, 0.4) is 0 Å². The molecule has 0 bridgehead atoms. The Morgan fingerprint density at radius 1 is 1.17 bits per heavy atom. The first-order valence-corrected chi connectivity index (χ1v) is 9.84. The first-order valence-electron chi connectivity index (χ1n) is 9.05. The number of nitrogens with zero attached hydrogens (tertiary/aromatic N) is 6. The molecule has 0 saturated heterocycles. The van der Waals surface area contributed by atoms with E-state index in [0.29, 0.717) is 5.69 Å².